The third-order valence-electron chi connectivity index (χ3n) is 2.79. The number of hydrogen-bond acceptors (Lipinski definition) is 3. The Bertz CT molecular complexity index is 512. The van der Waals surface area contributed by atoms with Gasteiger partial charge in [0.15, 0.2) is 0 Å². The molecule has 0 unspecified atom stereocenters. The van der Waals surface area contributed by atoms with Gasteiger partial charge in [-0.25, -0.2) is 4.79 Å². The molecule has 0 saturated carbocycles. The lowest BCUT2D eigenvalue weighted by Gasteiger charge is -2.27. The summed E-state index contributed by atoms with van der Waals surface area (Å²) in [4.78, 5) is 13.8. The van der Waals surface area contributed by atoms with Crippen molar-refractivity contribution >= 4 is 11.8 Å². The van der Waals surface area contributed by atoms with Crippen LogP contribution in [0.25, 0.3) is 0 Å². The molecular weight excluding hydrogens is 264 g/mol. The van der Waals surface area contributed by atoms with Crippen LogP contribution in [-0.2, 0) is 11.3 Å². The molecule has 1 N–H and O–H groups in total. The predicted octanol–water partition coefficient (Wildman–Crippen LogP) is 3.49. The summed E-state index contributed by atoms with van der Waals surface area (Å²) in [5, 5.41) is 3.16. The van der Waals surface area contributed by atoms with E-state index >= 15 is 0 Å². The third kappa shape index (κ3) is 5.78. The van der Waals surface area contributed by atoms with Crippen LogP contribution in [0.5, 0.6) is 0 Å². The van der Waals surface area contributed by atoms with Gasteiger partial charge in [0.05, 0.1) is 13.1 Å². The number of ether oxygens (including phenoxy) is 1. The summed E-state index contributed by atoms with van der Waals surface area (Å²) in [6, 6.07) is 7.81. The molecule has 0 aliphatic carbocycles. The summed E-state index contributed by atoms with van der Waals surface area (Å²) in [5.74, 6) is 2.55. The van der Waals surface area contributed by atoms with Crippen LogP contribution < -0.4 is 5.32 Å². The van der Waals surface area contributed by atoms with Crippen molar-refractivity contribution in [1.29, 1.82) is 0 Å². The van der Waals surface area contributed by atoms with Gasteiger partial charge < -0.3 is 15.0 Å². The van der Waals surface area contributed by atoms with E-state index in [0.29, 0.717) is 19.6 Å². The first-order valence-corrected chi connectivity index (χ1v) is 7.10. The monoisotopic (exact) mass is 288 g/mol. The average Bonchev–Trinajstić information content (AvgIpc) is 2.41. The molecule has 1 aromatic rings. The van der Waals surface area contributed by atoms with E-state index in [1.807, 2.05) is 52.0 Å². The van der Waals surface area contributed by atoms with Crippen molar-refractivity contribution in [3.05, 3.63) is 29.8 Å². The third-order valence-corrected chi connectivity index (χ3v) is 2.79. The maximum Gasteiger partial charge on any atom is 0.410 e. The van der Waals surface area contributed by atoms with E-state index in [-0.39, 0.29) is 6.09 Å². The minimum Gasteiger partial charge on any atom is -0.444 e. The van der Waals surface area contributed by atoms with Crippen LogP contribution in [0.2, 0.25) is 0 Å². The van der Waals surface area contributed by atoms with Gasteiger partial charge in [-0.05, 0) is 39.3 Å². The lowest BCUT2D eigenvalue weighted by molar-refractivity contribution is 0.0245. The number of amides is 1. The zero-order chi connectivity index (χ0) is 15.9. The fraction of sp³-hybridized carbons (Fsp3) is 0.471. The van der Waals surface area contributed by atoms with E-state index in [1.54, 1.807) is 4.90 Å². The Morgan fingerprint density at radius 2 is 2.05 bits per heavy atom. The summed E-state index contributed by atoms with van der Waals surface area (Å²) in [6.07, 6.45) is 4.97. The summed E-state index contributed by atoms with van der Waals surface area (Å²) >= 11 is 0. The first kappa shape index (κ1) is 16.9. The zero-order valence-electron chi connectivity index (χ0n) is 13.3. The van der Waals surface area contributed by atoms with E-state index in [2.05, 4.69) is 11.2 Å². The maximum atomic E-state index is 12.2. The second-order valence-corrected chi connectivity index (χ2v) is 5.71. The van der Waals surface area contributed by atoms with E-state index in [1.165, 1.54) is 0 Å². The molecule has 0 aromatic heterocycles. The number of terminal acetylenes is 1. The molecule has 1 aromatic carbocycles. The molecule has 21 heavy (non-hydrogen) atoms. The molecule has 0 aliphatic heterocycles. The Balaban J connectivity index is 2.82. The number of carbonyl (C=O) groups excluding carboxylic acids is 1. The van der Waals surface area contributed by atoms with Crippen LogP contribution in [0.1, 0.15) is 33.3 Å². The minimum absolute atomic E-state index is 0.309. The topological polar surface area (TPSA) is 41.6 Å². The highest BCUT2D eigenvalue weighted by atomic mass is 16.6. The second kappa shape index (κ2) is 7.58. The van der Waals surface area contributed by atoms with E-state index < -0.39 is 5.60 Å². The number of nitrogens with one attached hydrogen (secondary N) is 1. The Kier molecular flexibility index (Phi) is 6.10. The van der Waals surface area contributed by atoms with Gasteiger partial charge in [0.1, 0.15) is 5.60 Å². The van der Waals surface area contributed by atoms with Crippen molar-refractivity contribution in [2.75, 3.05) is 18.4 Å². The van der Waals surface area contributed by atoms with Crippen molar-refractivity contribution < 1.29 is 9.53 Å². The SMILES string of the molecule is C#CCNc1ccccc1CN(CC)C(=O)OC(C)(C)C. The smallest absolute Gasteiger partial charge is 0.410 e. The van der Waals surface area contributed by atoms with E-state index in [4.69, 9.17) is 11.2 Å². The van der Waals surface area contributed by atoms with Gasteiger partial charge in [-0.1, -0.05) is 24.1 Å². The molecule has 1 rings (SSSR count). The average molecular weight is 288 g/mol. The summed E-state index contributed by atoms with van der Waals surface area (Å²) in [5.41, 5.74) is 1.46. The molecule has 0 saturated heterocycles. The van der Waals surface area contributed by atoms with Gasteiger partial charge in [0.2, 0.25) is 0 Å². The van der Waals surface area contributed by atoms with E-state index in [0.717, 1.165) is 11.3 Å². The highest BCUT2D eigenvalue weighted by molar-refractivity contribution is 5.68. The second-order valence-electron chi connectivity index (χ2n) is 5.71. The van der Waals surface area contributed by atoms with Crippen molar-refractivity contribution in [1.82, 2.24) is 4.90 Å². The molecule has 0 spiro atoms. The number of anilines is 1. The Morgan fingerprint density at radius 3 is 2.62 bits per heavy atom. The Morgan fingerprint density at radius 1 is 1.38 bits per heavy atom. The fourth-order valence-corrected chi connectivity index (χ4v) is 1.81. The number of rotatable bonds is 5. The minimum atomic E-state index is -0.494. The molecular formula is C17H24N2O2. The van der Waals surface area contributed by atoms with Gasteiger partial charge in [-0.3, -0.25) is 0 Å². The molecule has 4 heteroatoms. The Labute approximate surface area is 127 Å². The molecule has 0 radical (unpaired) electrons. The molecule has 114 valence electrons. The molecule has 0 atom stereocenters. The zero-order valence-corrected chi connectivity index (χ0v) is 13.3. The largest absolute Gasteiger partial charge is 0.444 e. The van der Waals surface area contributed by atoms with Crippen LogP contribution in [-0.4, -0.2) is 29.7 Å². The van der Waals surface area contributed by atoms with Gasteiger partial charge in [0, 0.05) is 12.2 Å². The van der Waals surface area contributed by atoms with Crippen molar-refractivity contribution in [3.8, 4) is 12.3 Å². The number of hydrogen-bond donors (Lipinski definition) is 1. The first-order valence-electron chi connectivity index (χ1n) is 7.10. The highest BCUT2D eigenvalue weighted by Gasteiger charge is 2.21. The standard InChI is InChI=1S/C17H24N2O2/c1-6-12-18-15-11-9-8-10-14(15)13-19(7-2)16(20)21-17(3,4)5/h1,8-11,18H,7,12-13H2,2-5H3. The van der Waals surface area contributed by atoms with Gasteiger partial charge in [-0.2, -0.15) is 0 Å². The summed E-state index contributed by atoms with van der Waals surface area (Å²) in [7, 11) is 0. The number of nitrogens with zero attached hydrogens (tertiary/aromatic N) is 1. The van der Waals surface area contributed by atoms with Crippen LogP contribution in [0.15, 0.2) is 24.3 Å². The van der Waals surface area contributed by atoms with Crippen molar-refractivity contribution in [2.45, 2.75) is 39.8 Å². The molecule has 0 bridgehead atoms. The van der Waals surface area contributed by atoms with Gasteiger partial charge in [0.25, 0.3) is 0 Å². The highest BCUT2D eigenvalue weighted by Crippen LogP contribution is 2.18. The number of benzene rings is 1. The number of para-hydroxylation sites is 1. The predicted molar refractivity (Wildman–Crippen MR) is 86.1 cm³/mol. The van der Waals surface area contributed by atoms with Crippen LogP contribution >= 0.6 is 0 Å². The van der Waals surface area contributed by atoms with Gasteiger partial charge >= 0.3 is 6.09 Å². The molecule has 0 fully saturated rings. The van der Waals surface area contributed by atoms with Crippen LogP contribution in [0.3, 0.4) is 0 Å². The van der Waals surface area contributed by atoms with E-state index in [9.17, 15) is 4.79 Å². The fourth-order valence-electron chi connectivity index (χ4n) is 1.81. The van der Waals surface area contributed by atoms with Crippen molar-refractivity contribution in [2.24, 2.45) is 0 Å². The van der Waals surface area contributed by atoms with Gasteiger partial charge in [-0.15, -0.1) is 6.42 Å². The summed E-state index contributed by atoms with van der Waals surface area (Å²) in [6.45, 7) is 9.04. The Hall–Kier alpha value is -2.15. The lowest BCUT2D eigenvalue weighted by Crippen LogP contribution is -2.36. The normalized spacial score (nSPS) is 10.6. The molecule has 4 nitrogen and oxygen atoms in total. The molecule has 1 amide bonds. The number of carbonyl (C=O) groups is 1. The quantitative estimate of drug-likeness (QED) is 0.843. The van der Waals surface area contributed by atoms with Crippen LogP contribution in [0, 0.1) is 12.3 Å². The van der Waals surface area contributed by atoms with Crippen molar-refractivity contribution in [3.63, 3.8) is 0 Å². The molecule has 0 heterocycles. The lowest BCUT2D eigenvalue weighted by atomic mass is 10.1. The maximum absolute atomic E-state index is 12.2. The first-order chi connectivity index (χ1) is 9.87. The summed E-state index contributed by atoms with van der Waals surface area (Å²) < 4.78 is 5.42. The van der Waals surface area contributed by atoms with Crippen LogP contribution in [0.4, 0.5) is 10.5 Å². The molecule has 0 aliphatic rings.